The smallest absolute Gasteiger partial charge is 0.264 e. The summed E-state index contributed by atoms with van der Waals surface area (Å²) in [5.74, 6) is 0.440. The van der Waals surface area contributed by atoms with E-state index in [-0.39, 0.29) is 10.4 Å². The van der Waals surface area contributed by atoms with E-state index < -0.39 is 10.0 Å². The number of rotatable bonds is 5. The number of nitrogens with zero attached hydrogens (tertiary/aromatic N) is 2. The van der Waals surface area contributed by atoms with Crippen LogP contribution in [-0.4, -0.2) is 18.7 Å². The summed E-state index contributed by atoms with van der Waals surface area (Å²) in [5.41, 5.74) is 2.31. The Kier molecular flexibility index (Phi) is 4.04. The van der Waals surface area contributed by atoms with Gasteiger partial charge in [0.1, 0.15) is 10.4 Å². The van der Waals surface area contributed by atoms with Crippen molar-refractivity contribution in [1.29, 1.82) is 0 Å². The number of hydrogen-bond acceptors (Lipinski definition) is 5. The summed E-state index contributed by atoms with van der Waals surface area (Å²) in [4.78, 5) is 0.0438. The summed E-state index contributed by atoms with van der Waals surface area (Å²) in [6.07, 6.45) is 1.03. The third-order valence-corrected chi connectivity index (χ3v) is 5.30. The van der Waals surface area contributed by atoms with Gasteiger partial charge in [0.25, 0.3) is 10.0 Å². The molecule has 120 valence electrons. The molecule has 0 saturated heterocycles. The minimum absolute atomic E-state index is 0.0438. The second-order valence-electron chi connectivity index (χ2n) is 5.42. The first-order valence-corrected chi connectivity index (χ1v) is 8.83. The molecule has 0 radical (unpaired) electrons. The fraction of sp³-hybridized carbons (Fsp3) is 0.250. The van der Waals surface area contributed by atoms with Gasteiger partial charge in [-0.2, -0.15) is 0 Å². The van der Waals surface area contributed by atoms with Crippen molar-refractivity contribution in [2.24, 2.45) is 0 Å². The quantitative estimate of drug-likeness (QED) is 0.773. The van der Waals surface area contributed by atoms with E-state index in [4.69, 9.17) is 0 Å². The number of nitrogens with one attached hydrogen (secondary N) is 1. The molecule has 1 unspecified atom stereocenters. The van der Waals surface area contributed by atoms with E-state index in [1.165, 1.54) is 11.6 Å². The molecule has 2 aromatic carbocycles. The fourth-order valence-corrected chi connectivity index (χ4v) is 3.53. The first-order valence-electron chi connectivity index (χ1n) is 7.35. The Labute approximate surface area is 134 Å². The Morgan fingerprint density at radius 2 is 1.87 bits per heavy atom. The van der Waals surface area contributed by atoms with Gasteiger partial charge < -0.3 is 0 Å². The molecule has 1 heterocycles. The molecule has 3 aromatic rings. The first-order chi connectivity index (χ1) is 11.0. The third-order valence-electron chi connectivity index (χ3n) is 3.88. The molecule has 0 amide bonds. The molecule has 1 N–H and O–H groups in total. The van der Waals surface area contributed by atoms with Crippen molar-refractivity contribution in [3.8, 4) is 0 Å². The van der Waals surface area contributed by atoms with Gasteiger partial charge in [0.05, 0.1) is 0 Å². The predicted octanol–water partition coefficient (Wildman–Crippen LogP) is 3.54. The van der Waals surface area contributed by atoms with Crippen molar-refractivity contribution in [1.82, 2.24) is 10.3 Å². The summed E-state index contributed by atoms with van der Waals surface area (Å²) in [6, 6.07) is 12.1. The van der Waals surface area contributed by atoms with Crippen LogP contribution in [0.1, 0.15) is 31.7 Å². The highest BCUT2D eigenvalue weighted by Crippen LogP contribution is 2.24. The van der Waals surface area contributed by atoms with Crippen LogP contribution < -0.4 is 4.72 Å². The second-order valence-corrected chi connectivity index (χ2v) is 7.08. The Balaban J connectivity index is 1.91. The standard InChI is InChI=1S/C16H17N3O3S/c1-3-11(2)12-7-9-13(10-8-12)19-23(20,21)15-6-4-5-14-16(15)18-22-17-14/h4-11,19H,3H2,1-2H3. The number of hydrogen-bond donors (Lipinski definition) is 1. The first kappa shape index (κ1) is 15.5. The van der Waals surface area contributed by atoms with Gasteiger partial charge in [-0.25, -0.2) is 13.0 Å². The number of anilines is 1. The molecule has 6 nitrogen and oxygen atoms in total. The van der Waals surface area contributed by atoms with Crippen molar-refractivity contribution in [2.75, 3.05) is 4.72 Å². The van der Waals surface area contributed by atoms with Gasteiger partial charge in [-0.05, 0) is 52.5 Å². The Bertz CT molecular complexity index is 917. The molecule has 23 heavy (non-hydrogen) atoms. The minimum Gasteiger partial charge on any atom is -0.280 e. The third kappa shape index (κ3) is 3.05. The van der Waals surface area contributed by atoms with E-state index in [9.17, 15) is 8.42 Å². The lowest BCUT2D eigenvalue weighted by Gasteiger charge is -2.11. The predicted molar refractivity (Wildman–Crippen MR) is 87.8 cm³/mol. The van der Waals surface area contributed by atoms with Gasteiger partial charge in [0, 0.05) is 5.69 Å². The Hall–Kier alpha value is -2.41. The number of fused-ring (bicyclic) bond motifs is 1. The number of sulfonamides is 1. The zero-order chi connectivity index (χ0) is 16.4. The molecule has 7 heteroatoms. The van der Waals surface area contributed by atoms with Crippen LogP contribution in [0, 0.1) is 0 Å². The molecule has 0 bridgehead atoms. The number of aromatic nitrogens is 2. The molecule has 0 aliphatic carbocycles. The van der Waals surface area contributed by atoms with Gasteiger partial charge >= 0.3 is 0 Å². The maximum atomic E-state index is 12.6. The van der Waals surface area contributed by atoms with Crippen LogP contribution in [-0.2, 0) is 10.0 Å². The molecule has 0 saturated carbocycles. The Morgan fingerprint density at radius 1 is 1.13 bits per heavy atom. The molecule has 0 spiro atoms. The van der Waals surface area contributed by atoms with E-state index in [0.29, 0.717) is 17.1 Å². The van der Waals surface area contributed by atoms with Crippen LogP contribution in [0.2, 0.25) is 0 Å². The van der Waals surface area contributed by atoms with Crippen LogP contribution in [0.25, 0.3) is 11.0 Å². The topological polar surface area (TPSA) is 85.1 Å². The summed E-state index contributed by atoms with van der Waals surface area (Å²) >= 11 is 0. The zero-order valence-electron chi connectivity index (χ0n) is 12.9. The van der Waals surface area contributed by atoms with Gasteiger partial charge in [-0.3, -0.25) is 4.72 Å². The van der Waals surface area contributed by atoms with Crippen molar-refractivity contribution in [2.45, 2.75) is 31.1 Å². The largest absolute Gasteiger partial charge is 0.280 e. The van der Waals surface area contributed by atoms with Crippen LogP contribution >= 0.6 is 0 Å². The molecular weight excluding hydrogens is 314 g/mol. The van der Waals surface area contributed by atoms with Gasteiger partial charge in [-0.1, -0.05) is 32.0 Å². The molecule has 1 aromatic heterocycles. The van der Waals surface area contributed by atoms with Crippen molar-refractivity contribution >= 4 is 26.7 Å². The van der Waals surface area contributed by atoms with Crippen molar-refractivity contribution < 1.29 is 13.0 Å². The van der Waals surface area contributed by atoms with Crippen LogP contribution in [0.4, 0.5) is 5.69 Å². The van der Waals surface area contributed by atoms with E-state index in [1.54, 1.807) is 24.3 Å². The average molecular weight is 331 g/mol. The van der Waals surface area contributed by atoms with E-state index in [1.807, 2.05) is 12.1 Å². The van der Waals surface area contributed by atoms with Crippen LogP contribution in [0.15, 0.2) is 52.0 Å². The average Bonchev–Trinajstić information content (AvgIpc) is 3.02. The lowest BCUT2D eigenvalue weighted by atomic mass is 9.99. The van der Waals surface area contributed by atoms with Gasteiger partial charge in [0.2, 0.25) is 0 Å². The monoisotopic (exact) mass is 331 g/mol. The van der Waals surface area contributed by atoms with Gasteiger partial charge in [0.15, 0.2) is 5.52 Å². The minimum atomic E-state index is -3.76. The number of benzene rings is 2. The normalized spacial score (nSPS) is 13.1. The van der Waals surface area contributed by atoms with Crippen molar-refractivity contribution in [3.63, 3.8) is 0 Å². The SMILES string of the molecule is CCC(C)c1ccc(NS(=O)(=O)c2cccc3nonc23)cc1. The molecule has 0 aliphatic rings. The molecule has 3 rings (SSSR count). The summed E-state index contributed by atoms with van der Waals surface area (Å²) < 4.78 is 32.3. The van der Waals surface area contributed by atoms with E-state index in [2.05, 4.69) is 33.5 Å². The van der Waals surface area contributed by atoms with E-state index >= 15 is 0 Å². The zero-order valence-corrected chi connectivity index (χ0v) is 13.7. The fourth-order valence-electron chi connectivity index (χ4n) is 2.32. The summed E-state index contributed by atoms with van der Waals surface area (Å²) in [7, 11) is -3.76. The highest BCUT2D eigenvalue weighted by molar-refractivity contribution is 7.93. The van der Waals surface area contributed by atoms with E-state index in [0.717, 1.165) is 6.42 Å². The molecular formula is C16H17N3O3S. The maximum absolute atomic E-state index is 12.6. The highest BCUT2D eigenvalue weighted by Gasteiger charge is 2.20. The lowest BCUT2D eigenvalue weighted by molar-refractivity contribution is 0.315. The van der Waals surface area contributed by atoms with Crippen molar-refractivity contribution in [3.05, 3.63) is 48.0 Å². The Morgan fingerprint density at radius 3 is 2.57 bits per heavy atom. The van der Waals surface area contributed by atoms with Gasteiger partial charge in [-0.15, -0.1) is 0 Å². The van der Waals surface area contributed by atoms with Crippen LogP contribution in [0.5, 0.6) is 0 Å². The lowest BCUT2D eigenvalue weighted by Crippen LogP contribution is -2.13. The van der Waals surface area contributed by atoms with Crippen LogP contribution in [0.3, 0.4) is 0 Å². The molecule has 0 fully saturated rings. The molecule has 0 aliphatic heterocycles. The highest BCUT2D eigenvalue weighted by atomic mass is 32.2. The second kappa shape index (κ2) is 6.00. The summed E-state index contributed by atoms with van der Waals surface area (Å²) in [6.45, 7) is 4.26. The summed E-state index contributed by atoms with van der Waals surface area (Å²) in [5, 5.41) is 7.33. The molecule has 1 atom stereocenters. The maximum Gasteiger partial charge on any atom is 0.264 e.